The second kappa shape index (κ2) is 6.28. The number of rotatable bonds is 5. The van der Waals surface area contributed by atoms with Crippen molar-refractivity contribution in [2.24, 2.45) is 0 Å². The van der Waals surface area contributed by atoms with E-state index in [0.717, 1.165) is 5.76 Å². The molecule has 0 aromatic carbocycles. The Morgan fingerprint density at radius 3 is 3.00 bits per heavy atom. The minimum Gasteiger partial charge on any atom is -0.479 e. The molecule has 3 rings (SSSR count). The van der Waals surface area contributed by atoms with Crippen molar-refractivity contribution in [1.29, 1.82) is 0 Å². The summed E-state index contributed by atoms with van der Waals surface area (Å²) in [5, 5.41) is 9.47. The number of aliphatic carboxylic acids is 1. The van der Waals surface area contributed by atoms with Crippen molar-refractivity contribution in [1.82, 2.24) is 9.88 Å². The minimum atomic E-state index is -1.04. The molecule has 2 aromatic rings. The maximum Gasteiger partial charge on any atom is 0.331 e. The molecule has 1 N–H and O–H groups in total. The molecule has 0 bridgehead atoms. The number of hydrogen-bond donors (Lipinski definition) is 1. The van der Waals surface area contributed by atoms with Crippen LogP contribution in [0.25, 0.3) is 0 Å². The molecule has 2 aromatic heterocycles. The van der Waals surface area contributed by atoms with Gasteiger partial charge >= 0.3 is 5.97 Å². The first-order valence-corrected chi connectivity index (χ1v) is 7.56. The summed E-state index contributed by atoms with van der Waals surface area (Å²) >= 11 is 0. The Morgan fingerprint density at radius 1 is 1.48 bits per heavy atom. The third-order valence-corrected chi connectivity index (χ3v) is 3.97. The average molecular weight is 318 g/mol. The molecule has 1 aliphatic rings. The summed E-state index contributed by atoms with van der Waals surface area (Å²) in [5.74, 6) is 0.773. The number of carboxylic acids is 1. The van der Waals surface area contributed by atoms with Crippen LogP contribution in [0.5, 0.6) is 0 Å². The number of aryl methyl sites for hydroxylation is 2. The highest BCUT2D eigenvalue weighted by molar-refractivity contribution is 5.85. The fourth-order valence-corrected chi connectivity index (χ4v) is 2.90. The summed E-state index contributed by atoms with van der Waals surface area (Å²) in [7, 11) is 0. The van der Waals surface area contributed by atoms with Crippen LogP contribution < -0.4 is 0 Å². The zero-order valence-electron chi connectivity index (χ0n) is 12.8. The molecule has 0 aliphatic carbocycles. The Balaban J connectivity index is 1.63. The van der Waals surface area contributed by atoms with Gasteiger partial charge in [0.15, 0.2) is 11.9 Å². The minimum absolute atomic E-state index is 0.174. The number of carboxylic acid groups (broad SMARTS) is 1. The molecule has 1 amide bonds. The van der Waals surface area contributed by atoms with Crippen LogP contribution in [-0.4, -0.2) is 33.4 Å². The summed E-state index contributed by atoms with van der Waals surface area (Å²) in [4.78, 5) is 29.5. The van der Waals surface area contributed by atoms with Gasteiger partial charge in [-0.05, 0) is 19.4 Å². The molecule has 0 fully saturated rings. The molecule has 1 atom stereocenters. The fraction of sp³-hybridized carbons (Fsp3) is 0.438. The van der Waals surface area contributed by atoms with Crippen LogP contribution in [0.3, 0.4) is 0 Å². The lowest BCUT2D eigenvalue weighted by atomic mass is 9.98. The molecule has 0 saturated carbocycles. The molecule has 0 spiro atoms. The van der Waals surface area contributed by atoms with Crippen LogP contribution in [-0.2, 0) is 22.4 Å². The SMILES string of the molecule is Cc1cnc(CCCC(=O)N2CCc3occc3C2C(=O)O)o1. The Bertz CT molecular complexity index is 718. The van der Waals surface area contributed by atoms with E-state index in [0.29, 0.717) is 43.0 Å². The third-order valence-electron chi connectivity index (χ3n) is 3.97. The van der Waals surface area contributed by atoms with Crippen LogP contribution in [0.4, 0.5) is 0 Å². The van der Waals surface area contributed by atoms with Crippen molar-refractivity contribution in [2.75, 3.05) is 6.54 Å². The largest absolute Gasteiger partial charge is 0.479 e. The second-order valence-corrected chi connectivity index (χ2v) is 5.60. The van der Waals surface area contributed by atoms with Crippen molar-refractivity contribution in [3.05, 3.63) is 41.5 Å². The Hall–Kier alpha value is -2.57. The number of amides is 1. The Labute approximate surface area is 132 Å². The van der Waals surface area contributed by atoms with Gasteiger partial charge in [0.25, 0.3) is 0 Å². The standard InChI is InChI=1S/C16H18N2O5/c1-10-9-17-13(23-10)3-2-4-14(19)18-7-5-12-11(6-8-22-12)15(18)16(20)21/h6,8-9,15H,2-5,7H2,1H3,(H,20,21). The molecular weight excluding hydrogens is 300 g/mol. The zero-order valence-corrected chi connectivity index (χ0v) is 12.8. The van der Waals surface area contributed by atoms with Gasteiger partial charge in [0.05, 0.1) is 12.5 Å². The Kier molecular flexibility index (Phi) is 4.18. The topological polar surface area (TPSA) is 96.8 Å². The molecule has 3 heterocycles. The molecule has 122 valence electrons. The quantitative estimate of drug-likeness (QED) is 0.907. The van der Waals surface area contributed by atoms with E-state index >= 15 is 0 Å². The summed E-state index contributed by atoms with van der Waals surface area (Å²) < 4.78 is 10.6. The van der Waals surface area contributed by atoms with E-state index < -0.39 is 12.0 Å². The average Bonchev–Trinajstić information content (AvgIpc) is 3.14. The van der Waals surface area contributed by atoms with E-state index in [1.54, 1.807) is 12.3 Å². The first-order valence-electron chi connectivity index (χ1n) is 7.56. The summed E-state index contributed by atoms with van der Waals surface area (Å²) in [5.41, 5.74) is 0.570. The number of hydrogen-bond acceptors (Lipinski definition) is 5. The number of carbonyl (C=O) groups is 2. The first kappa shape index (κ1) is 15.3. The van der Waals surface area contributed by atoms with Crippen LogP contribution in [0.2, 0.25) is 0 Å². The van der Waals surface area contributed by atoms with Gasteiger partial charge in [-0.15, -0.1) is 0 Å². The molecule has 0 radical (unpaired) electrons. The highest BCUT2D eigenvalue weighted by atomic mass is 16.4. The monoisotopic (exact) mass is 318 g/mol. The molecule has 1 aliphatic heterocycles. The van der Waals surface area contributed by atoms with E-state index in [1.807, 2.05) is 6.92 Å². The number of nitrogens with zero attached hydrogens (tertiary/aromatic N) is 2. The van der Waals surface area contributed by atoms with Crippen LogP contribution in [0.15, 0.2) is 27.4 Å². The third kappa shape index (κ3) is 3.13. The number of fused-ring (bicyclic) bond motifs is 1. The lowest BCUT2D eigenvalue weighted by Crippen LogP contribution is -2.43. The molecular formula is C16H18N2O5. The first-order chi connectivity index (χ1) is 11.1. The predicted molar refractivity (Wildman–Crippen MR) is 78.7 cm³/mol. The lowest BCUT2D eigenvalue weighted by Gasteiger charge is -2.32. The van der Waals surface area contributed by atoms with E-state index in [4.69, 9.17) is 8.83 Å². The second-order valence-electron chi connectivity index (χ2n) is 5.60. The van der Waals surface area contributed by atoms with E-state index in [1.165, 1.54) is 11.2 Å². The van der Waals surface area contributed by atoms with Crippen molar-refractivity contribution in [2.45, 2.75) is 38.6 Å². The van der Waals surface area contributed by atoms with Crippen molar-refractivity contribution in [3.8, 4) is 0 Å². The predicted octanol–water partition coefficient (Wildman–Crippen LogP) is 2.11. The van der Waals surface area contributed by atoms with Gasteiger partial charge in [0.1, 0.15) is 11.5 Å². The lowest BCUT2D eigenvalue weighted by molar-refractivity contribution is -0.151. The maximum atomic E-state index is 12.4. The highest BCUT2D eigenvalue weighted by Gasteiger charge is 2.37. The van der Waals surface area contributed by atoms with Gasteiger partial charge in [0, 0.05) is 31.4 Å². The number of oxazole rings is 1. The van der Waals surface area contributed by atoms with Gasteiger partial charge in [0.2, 0.25) is 5.91 Å². The zero-order chi connectivity index (χ0) is 16.4. The van der Waals surface area contributed by atoms with Crippen molar-refractivity contribution < 1.29 is 23.5 Å². The Morgan fingerprint density at radius 2 is 2.30 bits per heavy atom. The van der Waals surface area contributed by atoms with Crippen LogP contribution in [0, 0.1) is 6.92 Å². The summed E-state index contributed by atoms with van der Waals surface area (Å²) in [6, 6.07) is 0.664. The van der Waals surface area contributed by atoms with Gasteiger partial charge in [-0.3, -0.25) is 4.79 Å². The van der Waals surface area contributed by atoms with E-state index in [9.17, 15) is 14.7 Å². The number of furan rings is 1. The number of aromatic nitrogens is 1. The van der Waals surface area contributed by atoms with Gasteiger partial charge in [-0.1, -0.05) is 0 Å². The smallest absolute Gasteiger partial charge is 0.331 e. The highest BCUT2D eigenvalue weighted by Crippen LogP contribution is 2.31. The molecule has 23 heavy (non-hydrogen) atoms. The summed E-state index contributed by atoms with van der Waals surface area (Å²) in [6.07, 6.45) is 5.04. The normalized spacial score (nSPS) is 17.1. The van der Waals surface area contributed by atoms with Gasteiger partial charge in [-0.25, -0.2) is 9.78 Å². The maximum absolute atomic E-state index is 12.4. The van der Waals surface area contributed by atoms with Crippen LogP contribution in [0.1, 0.15) is 41.9 Å². The molecule has 1 unspecified atom stereocenters. The van der Waals surface area contributed by atoms with E-state index in [2.05, 4.69) is 4.98 Å². The molecule has 7 heteroatoms. The fourth-order valence-electron chi connectivity index (χ4n) is 2.90. The molecule has 0 saturated heterocycles. The molecule has 7 nitrogen and oxygen atoms in total. The van der Waals surface area contributed by atoms with Gasteiger partial charge < -0.3 is 18.8 Å². The van der Waals surface area contributed by atoms with Crippen LogP contribution >= 0.6 is 0 Å². The summed E-state index contributed by atoms with van der Waals surface area (Å²) in [6.45, 7) is 2.17. The van der Waals surface area contributed by atoms with Gasteiger partial charge in [-0.2, -0.15) is 0 Å². The number of carbonyl (C=O) groups excluding carboxylic acids is 1. The van der Waals surface area contributed by atoms with Crippen molar-refractivity contribution in [3.63, 3.8) is 0 Å². The van der Waals surface area contributed by atoms with E-state index in [-0.39, 0.29) is 12.3 Å². The van der Waals surface area contributed by atoms with Crippen molar-refractivity contribution >= 4 is 11.9 Å².